The smallest absolute Gasteiger partial charge is 0.321 e. The Kier molecular flexibility index (Phi) is 5.18. The maximum absolute atomic E-state index is 12.3. The van der Waals surface area contributed by atoms with Gasteiger partial charge in [-0.3, -0.25) is 4.79 Å². The van der Waals surface area contributed by atoms with E-state index in [0.717, 1.165) is 31.5 Å². The van der Waals surface area contributed by atoms with Crippen LogP contribution in [0.5, 0.6) is 0 Å². The minimum atomic E-state index is -0.146. The number of nitrogens with one attached hydrogen (secondary N) is 2. The second-order valence-electron chi connectivity index (χ2n) is 6.14. The van der Waals surface area contributed by atoms with Crippen molar-refractivity contribution in [2.45, 2.75) is 19.3 Å². The monoisotopic (exact) mass is 338 g/mol. The molecule has 130 valence electrons. The van der Waals surface area contributed by atoms with Gasteiger partial charge in [0.1, 0.15) is 0 Å². The Balaban J connectivity index is 1.64. The second-order valence-corrected chi connectivity index (χ2v) is 6.14. The third-order valence-corrected chi connectivity index (χ3v) is 4.18. The molecule has 6 nitrogen and oxygen atoms in total. The van der Waals surface area contributed by atoms with Crippen molar-refractivity contribution in [2.75, 3.05) is 29.5 Å². The highest BCUT2D eigenvalue weighted by molar-refractivity contribution is 5.99. The fraction of sp³-hybridized carbons (Fsp3) is 0.263. The third kappa shape index (κ3) is 4.50. The Bertz CT molecular complexity index is 752. The van der Waals surface area contributed by atoms with E-state index in [1.807, 2.05) is 24.3 Å². The number of hydrogen-bond donors (Lipinski definition) is 3. The molecule has 6 heteroatoms. The van der Waals surface area contributed by atoms with Gasteiger partial charge in [0.15, 0.2) is 0 Å². The van der Waals surface area contributed by atoms with Gasteiger partial charge < -0.3 is 21.3 Å². The number of hydrogen-bond acceptors (Lipinski definition) is 3. The number of nitrogens with two attached hydrogens (primary N) is 1. The number of anilines is 3. The molecule has 0 aliphatic carbocycles. The predicted octanol–water partition coefficient (Wildman–Crippen LogP) is 3.08. The fourth-order valence-corrected chi connectivity index (χ4v) is 2.83. The van der Waals surface area contributed by atoms with Crippen LogP contribution in [0.4, 0.5) is 21.9 Å². The summed E-state index contributed by atoms with van der Waals surface area (Å²) in [5, 5.41) is 5.75. The SMILES string of the molecule is Nc1ccc(CC(=O)Nc2ccccc2NC(=O)N2CCCC2)cc1. The van der Waals surface area contributed by atoms with Crippen molar-refractivity contribution in [3.05, 3.63) is 54.1 Å². The van der Waals surface area contributed by atoms with Gasteiger partial charge in [-0.15, -0.1) is 0 Å². The first-order chi connectivity index (χ1) is 12.1. The summed E-state index contributed by atoms with van der Waals surface area (Å²) in [6, 6.07) is 14.3. The summed E-state index contributed by atoms with van der Waals surface area (Å²) < 4.78 is 0. The van der Waals surface area contributed by atoms with Gasteiger partial charge in [-0.2, -0.15) is 0 Å². The standard InChI is InChI=1S/C19H22N4O2/c20-15-9-7-14(8-10-15)13-18(24)21-16-5-1-2-6-17(16)22-19(25)23-11-3-4-12-23/h1-2,5-10H,3-4,11-13,20H2,(H,21,24)(H,22,25). The summed E-state index contributed by atoms with van der Waals surface area (Å²) in [5.41, 5.74) is 8.39. The molecule has 3 rings (SSSR count). The lowest BCUT2D eigenvalue weighted by molar-refractivity contribution is -0.115. The number of nitrogen functional groups attached to an aromatic ring is 1. The van der Waals surface area contributed by atoms with Gasteiger partial charge >= 0.3 is 6.03 Å². The molecule has 25 heavy (non-hydrogen) atoms. The first kappa shape index (κ1) is 16.8. The maximum Gasteiger partial charge on any atom is 0.321 e. The number of likely N-dealkylation sites (tertiary alicyclic amines) is 1. The molecule has 1 saturated heterocycles. The third-order valence-electron chi connectivity index (χ3n) is 4.18. The van der Waals surface area contributed by atoms with E-state index in [9.17, 15) is 9.59 Å². The molecule has 1 aliphatic heterocycles. The predicted molar refractivity (Wildman–Crippen MR) is 99.5 cm³/mol. The maximum atomic E-state index is 12.3. The van der Waals surface area contributed by atoms with Crippen molar-refractivity contribution in [2.24, 2.45) is 0 Å². The van der Waals surface area contributed by atoms with Gasteiger partial charge in [0.2, 0.25) is 5.91 Å². The Morgan fingerprint density at radius 3 is 2.16 bits per heavy atom. The van der Waals surface area contributed by atoms with Crippen molar-refractivity contribution in [1.29, 1.82) is 0 Å². The van der Waals surface area contributed by atoms with Crippen LogP contribution in [0.15, 0.2) is 48.5 Å². The van der Waals surface area contributed by atoms with Crippen molar-refractivity contribution in [3.63, 3.8) is 0 Å². The lowest BCUT2D eigenvalue weighted by Gasteiger charge is -2.18. The molecule has 3 amide bonds. The number of para-hydroxylation sites is 2. The van der Waals surface area contributed by atoms with Crippen molar-refractivity contribution in [1.82, 2.24) is 4.90 Å². The largest absolute Gasteiger partial charge is 0.399 e. The topological polar surface area (TPSA) is 87.5 Å². The van der Waals surface area contributed by atoms with Crippen LogP contribution < -0.4 is 16.4 Å². The Labute approximate surface area is 147 Å². The Morgan fingerprint density at radius 1 is 0.920 bits per heavy atom. The van der Waals surface area contributed by atoms with Gasteiger partial charge in [0.25, 0.3) is 0 Å². The number of amides is 3. The first-order valence-electron chi connectivity index (χ1n) is 8.41. The van der Waals surface area contributed by atoms with Crippen LogP contribution in [-0.2, 0) is 11.2 Å². The average Bonchev–Trinajstić information content (AvgIpc) is 3.13. The van der Waals surface area contributed by atoms with Crippen LogP contribution in [0, 0.1) is 0 Å². The second kappa shape index (κ2) is 7.70. The summed E-state index contributed by atoms with van der Waals surface area (Å²) >= 11 is 0. The van der Waals surface area contributed by atoms with Crippen LogP contribution in [0.3, 0.4) is 0 Å². The summed E-state index contributed by atoms with van der Waals surface area (Å²) in [6.45, 7) is 1.55. The molecule has 4 N–H and O–H groups in total. The number of carbonyl (C=O) groups excluding carboxylic acids is 2. The van der Waals surface area contributed by atoms with E-state index in [-0.39, 0.29) is 18.4 Å². The van der Waals surface area contributed by atoms with E-state index in [1.165, 1.54) is 0 Å². The number of nitrogens with zero attached hydrogens (tertiary/aromatic N) is 1. The van der Waals surface area contributed by atoms with E-state index in [4.69, 9.17) is 5.73 Å². The van der Waals surface area contributed by atoms with E-state index >= 15 is 0 Å². The Morgan fingerprint density at radius 2 is 1.52 bits per heavy atom. The quantitative estimate of drug-likeness (QED) is 0.749. The minimum absolute atomic E-state index is 0.127. The molecular formula is C19H22N4O2. The molecule has 1 aliphatic rings. The highest BCUT2D eigenvalue weighted by atomic mass is 16.2. The molecule has 0 aromatic heterocycles. The summed E-state index contributed by atoms with van der Waals surface area (Å²) in [6.07, 6.45) is 2.31. The molecule has 0 spiro atoms. The minimum Gasteiger partial charge on any atom is -0.399 e. The molecule has 0 bridgehead atoms. The fourth-order valence-electron chi connectivity index (χ4n) is 2.83. The van der Waals surface area contributed by atoms with Gasteiger partial charge in [-0.25, -0.2) is 4.79 Å². The Hall–Kier alpha value is -3.02. The van der Waals surface area contributed by atoms with Crippen LogP contribution in [0.2, 0.25) is 0 Å². The highest BCUT2D eigenvalue weighted by Crippen LogP contribution is 2.22. The van der Waals surface area contributed by atoms with E-state index in [1.54, 1.807) is 29.2 Å². The van der Waals surface area contributed by atoms with Crippen LogP contribution in [0.1, 0.15) is 18.4 Å². The molecule has 0 saturated carbocycles. The molecular weight excluding hydrogens is 316 g/mol. The molecule has 0 radical (unpaired) electrons. The average molecular weight is 338 g/mol. The molecule has 1 heterocycles. The summed E-state index contributed by atoms with van der Waals surface area (Å²) in [4.78, 5) is 26.3. The van der Waals surface area contributed by atoms with Gasteiger partial charge in [-0.05, 0) is 42.7 Å². The van der Waals surface area contributed by atoms with Gasteiger partial charge in [0.05, 0.1) is 17.8 Å². The van der Waals surface area contributed by atoms with Crippen molar-refractivity contribution >= 4 is 29.0 Å². The van der Waals surface area contributed by atoms with E-state index in [0.29, 0.717) is 17.1 Å². The number of rotatable bonds is 4. The lowest BCUT2D eigenvalue weighted by atomic mass is 10.1. The molecule has 2 aromatic carbocycles. The zero-order chi connectivity index (χ0) is 17.6. The van der Waals surface area contributed by atoms with Crippen LogP contribution in [0.25, 0.3) is 0 Å². The van der Waals surface area contributed by atoms with Crippen LogP contribution in [-0.4, -0.2) is 29.9 Å². The van der Waals surface area contributed by atoms with Crippen molar-refractivity contribution < 1.29 is 9.59 Å². The molecule has 2 aromatic rings. The van der Waals surface area contributed by atoms with Crippen molar-refractivity contribution in [3.8, 4) is 0 Å². The summed E-state index contributed by atoms with van der Waals surface area (Å²) in [7, 11) is 0. The normalized spacial score (nSPS) is 13.5. The number of urea groups is 1. The summed E-state index contributed by atoms with van der Waals surface area (Å²) in [5.74, 6) is -0.146. The van der Waals surface area contributed by atoms with E-state index in [2.05, 4.69) is 10.6 Å². The number of carbonyl (C=O) groups is 2. The zero-order valence-corrected chi connectivity index (χ0v) is 14.0. The molecule has 1 fully saturated rings. The number of benzene rings is 2. The van der Waals surface area contributed by atoms with Gasteiger partial charge in [-0.1, -0.05) is 24.3 Å². The molecule has 0 atom stereocenters. The molecule has 0 unspecified atom stereocenters. The first-order valence-corrected chi connectivity index (χ1v) is 8.41. The van der Waals surface area contributed by atoms with Crippen LogP contribution >= 0.6 is 0 Å². The van der Waals surface area contributed by atoms with E-state index < -0.39 is 0 Å². The highest BCUT2D eigenvalue weighted by Gasteiger charge is 2.19. The zero-order valence-electron chi connectivity index (χ0n) is 14.0. The lowest BCUT2D eigenvalue weighted by Crippen LogP contribution is -2.32. The van der Waals surface area contributed by atoms with Gasteiger partial charge in [0, 0.05) is 18.8 Å².